The van der Waals surface area contributed by atoms with Gasteiger partial charge in [0.2, 0.25) is 0 Å². The highest BCUT2D eigenvalue weighted by Crippen LogP contribution is 2.28. The Labute approximate surface area is 115 Å². The van der Waals surface area contributed by atoms with Crippen LogP contribution < -0.4 is 9.47 Å². The smallest absolute Gasteiger partial charge is 0.161 e. The first kappa shape index (κ1) is 15.1. The van der Waals surface area contributed by atoms with Crippen molar-refractivity contribution in [3.05, 3.63) is 36.5 Å². The van der Waals surface area contributed by atoms with E-state index < -0.39 is 0 Å². The van der Waals surface area contributed by atoms with Crippen LogP contribution in [0.2, 0.25) is 0 Å². The molecular weight excluding hydrogens is 240 g/mol. The summed E-state index contributed by atoms with van der Waals surface area (Å²) >= 11 is 0. The van der Waals surface area contributed by atoms with E-state index in [9.17, 15) is 0 Å². The molecule has 0 unspecified atom stereocenters. The Hall–Kier alpha value is -1.97. The van der Waals surface area contributed by atoms with Crippen LogP contribution in [0.3, 0.4) is 0 Å². The van der Waals surface area contributed by atoms with Crippen molar-refractivity contribution in [3.63, 3.8) is 0 Å². The largest absolute Gasteiger partial charge is 0.493 e. The predicted octanol–water partition coefficient (Wildman–Crippen LogP) is 3.44. The summed E-state index contributed by atoms with van der Waals surface area (Å²) in [7, 11) is 3.26. The first-order chi connectivity index (χ1) is 9.24. The molecule has 4 nitrogen and oxygen atoms in total. The normalized spacial score (nSPS) is 10.5. The zero-order valence-corrected chi connectivity index (χ0v) is 11.9. The van der Waals surface area contributed by atoms with Gasteiger partial charge in [-0.3, -0.25) is 5.01 Å². The van der Waals surface area contributed by atoms with Gasteiger partial charge < -0.3 is 9.47 Å². The van der Waals surface area contributed by atoms with Crippen molar-refractivity contribution >= 4 is 6.21 Å². The van der Waals surface area contributed by atoms with E-state index in [4.69, 9.17) is 9.47 Å². The van der Waals surface area contributed by atoms with Gasteiger partial charge in [0.1, 0.15) is 0 Å². The highest BCUT2D eigenvalue weighted by Gasteiger charge is 2.06. The fourth-order valence-electron chi connectivity index (χ4n) is 1.61. The van der Waals surface area contributed by atoms with Gasteiger partial charge in [0.15, 0.2) is 11.5 Å². The van der Waals surface area contributed by atoms with Crippen molar-refractivity contribution in [1.29, 1.82) is 0 Å². The molecule has 0 aromatic heterocycles. The summed E-state index contributed by atoms with van der Waals surface area (Å²) in [6.07, 6.45) is 5.67. The number of unbranched alkanes of at least 4 members (excludes halogenated alkanes) is 1. The quantitative estimate of drug-likeness (QED) is 0.531. The molecule has 1 aromatic rings. The molecule has 4 heteroatoms. The molecule has 0 N–H and O–H groups in total. The molecular formula is C15H22N2O2. The lowest BCUT2D eigenvalue weighted by Gasteiger charge is -2.15. The van der Waals surface area contributed by atoms with Crippen molar-refractivity contribution < 1.29 is 9.47 Å². The van der Waals surface area contributed by atoms with Crippen molar-refractivity contribution in [2.45, 2.75) is 26.3 Å². The predicted molar refractivity (Wildman–Crippen MR) is 78.7 cm³/mol. The Morgan fingerprint density at radius 1 is 1.26 bits per heavy atom. The SMILES string of the molecule is C=CN(Cc1ccc(OC)c(OC)c1)/N=C\CCC. The van der Waals surface area contributed by atoms with Crippen molar-refractivity contribution in [2.75, 3.05) is 14.2 Å². The Bertz CT molecular complexity index is 430. The van der Waals surface area contributed by atoms with Crippen LogP contribution in [0, 0.1) is 0 Å². The van der Waals surface area contributed by atoms with Crippen molar-refractivity contribution in [3.8, 4) is 11.5 Å². The summed E-state index contributed by atoms with van der Waals surface area (Å²) in [6.45, 7) is 6.55. The van der Waals surface area contributed by atoms with E-state index in [1.54, 1.807) is 25.4 Å². The molecule has 1 aromatic carbocycles. The molecule has 104 valence electrons. The summed E-state index contributed by atoms with van der Waals surface area (Å²) in [5.74, 6) is 1.45. The Kier molecular flexibility index (Phi) is 6.50. The van der Waals surface area contributed by atoms with Crippen LogP contribution in [0.4, 0.5) is 0 Å². The first-order valence-corrected chi connectivity index (χ1v) is 6.37. The average Bonchev–Trinajstić information content (AvgIpc) is 2.46. The van der Waals surface area contributed by atoms with E-state index in [1.807, 2.05) is 24.4 Å². The van der Waals surface area contributed by atoms with Crippen LogP contribution in [-0.2, 0) is 6.54 Å². The van der Waals surface area contributed by atoms with E-state index in [0.717, 1.165) is 29.9 Å². The zero-order chi connectivity index (χ0) is 14.1. The lowest BCUT2D eigenvalue weighted by molar-refractivity contribution is 0.352. The van der Waals surface area contributed by atoms with Crippen molar-refractivity contribution in [1.82, 2.24) is 5.01 Å². The molecule has 1 rings (SSSR count). The van der Waals surface area contributed by atoms with Gasteiger partial charge in [-0.05, 0) is 24.1 Å². The number of methoxy groups -OCH3 is 2. The minimum atomic E-state index is 0.657. The number of rotatable bonds is 8. The fraction of sp³-hybridized carbons (Fsp3) is 0.400. The minimum absolute atomic E-state index is 0.657. The molecule has 0 atom stereocenters. The van der Waals surface area contributed by atoms with Crippen LogP contribution in [0.5, 0.6) is 11.5 Å². The second-order valence-corrected chi connectivity index (χ2v) is 4.06. The maximum absolute atomic E-state index is 5.28. The van der Waals surface area contributed by atoms with Gasteiger partial charge in [-0.15, -0.1) is 0 Å². The average molecular weight is 262 g/mol. The van der Waals surface area contributed by atoms with Crippen LogP contribution in [0.15, 0.2) is 36.1 Å². The molecule has 0 aliphatic carbocycles. The lowest BCUT2D eigenvalue weighted by Crippen LogP contribution is -2.09. The second kappa shape index (κ2) is 8.19. The van der Waals surface area contributed by atoms with E-state index >= 15 is 0 Å². The van der Waals surface area contributed by atoms with Gasteiger partial charge in [0.25, 0.3) is 0 Å². The molecule has 0 bridgehead atoms. The monoisotopic (exact) mass is 262 g/mol. The van der Waals surface area contributed by atoms with Gasteiger partial charge in [-0.25, -0.2) is 0 Å². The molecule has 0 aliphatic rings. The van der Waals surface area contributed by atoms with Gasteiger partial charge in [0, 0.05) is 12.4 Å². The van der Waals surface area contributed by atoms with Crippen LogP contribution >= 0.6 is 0 Å². The van der Waals surface area contributed by atoms with Gasteiger partial charge >= 0.3 is 0 Å². The van der Waals surface area contributed by atoms with E-state index in [1.165, 1.54) is 0 Å². The maximum atomic E-state index is 5.28. The number of nitrogens with zero attached hydrogens (tertiary/aromatic N) is 2. The Morgan fingerprint density at radius 2 is 2.00 bits per heavy atom. The van der Waals surface area contributed by atoms with E-state index in [-0.39, 0.29) is 0 Å². The maximum Gasteiger partial charge on any atom is 0.161 e. The molecule has 0 fully saturated rings. The van der Waals surface area contributed by atoms with E-state index in [0.29, 0.717) is 6.54 Å². The molecule has 0 heterocycles. The molecule has 19 heavy (non-hydrogen) atoms. The highest BCUT2D eigenvalue weighted by atomic mass is 16.5. The molecule has 0 radical (unpaired) electrons. The van der Waals surface area contributed by atoms with Crippen molar-refractivity contribution in [2.24, 2.45) is 5.10 Å². The number of hydrazone groups is 1. The molecule has 0 amide bonds. The first-order valence-electron chi connectivity index (χ1n) is 6.37. The Balaban J connectivity index is 2.77. The molecule has 0 saturated heterocycles. The number of hydrogen-bond acceptors (Lipinski definition) is 4. The topological polar surface area (TPSA) is 34.1 Å². The summed E-state index contributed by atoms with van der Waals surface area (Å²) in [4.78, 5) is 0. The zero-order valence-electron chi connectivity index (χ0n) is 11.9. The summed E-state index contributed by atoms with van der Waals surface area (Å²) in [6, 6.07) is 5.84. The molecule has 0 aliphatic heterocycles. The molecule has 0 spiro atoms. The third kappa shape index (κ3) is 4.66. The minimum Gasteiger partial charge on any atom is -0.493 e. The van der Waals surface area contributed by atoms with Gasteiger partial charge in [0.05, 0.1) is 20.8 Å². The van der Waals surface area contributed by atoms with Crippen LogP contribution in [-0.4, -0.2) is 25.4 Å². The third-order valence-electron chi connectivity index (χ3n) is 2.65. The lowest BCUT2D eigenvalue weighted by atomic mass is 10.2. The summed E-state index contributed by atoms with van der Waals surface area (Å²) < 4.78 is 10.5. The number of hydrogen-bond donors (Lipinski definition) is 0. The molecule has 0 saturated carbocycles. The summed E-state index contributed by atoms with van der Waals surface area (Å²) in [5, 5.41) is 6.15. The van der Waals surface area contributed by atoms with Gasteiger partial charge in [-0.1, -0.05) is 26.0 Å². The number of ether oxygens (including phenoxy) is 2. The van der Waals surface area contributed by atoms with E-state index in [2.05, 4.69) is 18.6 Å². The number of benzene rings is 1. The summed E-state index contributed by atoms with van der Waals surface area (Å²) in [5.41, 5.74) is 1.09. The Morgan fingerprint density at radius 3 is 2.58 bits per heavy atom. The fourth-order valence-corrected chi connectivity index (χ4v) is 1.61. The second-order valence-electron chi connectivity index (χ2n) is 4.06. The van der Waals surface area contributed by atoms with Gasteiger partial charge in [-0.2, -0.15) is 5.10 Å². The highest BCUT2D eigenvalue weighted by molar-refractivity contribution is 5.56. The van der Waals surface area contributed by atoms with Crippen LogP contribution in [0.25, 0.3) is 0 Å². The van der Waals surface area contributed by atoms with Crippen LogP contribution in [0.1, 0.15) is 25.3 Å². The third-order valence-corrected chi connectivity index (χ3v) is 2.65. The standard InChI is InChI=1S/C15H22N2O2/c1-5-7-10-16-17(6-2)12-13-8-9-14(18-3)15(11-13)19-4/h6,8-11H,2,5,7,12H2,1,3-4H3/b16-10-.